The molecule has 0 atom stereocenters. The van der Waals surface area contributed by atoms with Crippen molar-refractivity contribution in [3.8, 4) is 11.3 Å². The van der Waals surface area contributed by atoms with E-state index < -0.39 is 10.0 Å². The van der Waals surface area contributed by atoms with Crippen molar-refractivity contribution in [2.24, 2.45) is 0 Å². The molecule has 2 N–H and O–H groups in total. The lowest BCUT2D eigenvalue weighted by Gasteiger charge is -2.07. The Morgan fingerprint density at radius 1 is 1.32 bits per heavy atom. The maximum atomic E-state index is 11.7. The van der Waals surface area contributed by atoms with Crippen molar-refractivity contribution in [3.63, 3.8) is 0 Å². The standard InChI is InChI=1S/C13H17N3O2S/c1-3-7-19(17,18)16-12-6-4-5-11(9-12)13-8-10(2)14-15-13/h4-6,8-9,16H,3,7H2,1-2H3,(H,14,15). The SMILES string of the molecule is CCCS(=O)(=O)Nc1cccc(-c2cc(C)[nH]n2)c1. The first kappa shape index (κ1) is 13.6. The van der Waals surface area contributed by atoms with Gasteiger partial charge in [-0.05, 0) is 31.5 Å². The van der Waals surface area contributed by atoms with Crippen LogP contribution in [0.3, 0.4) is 0 Å². The minimum atomic E-state index is -3.26. The number of benzene rings is 1. The molecule has 5 nitrogen and oxygen atoms in total. The number of anilines is 1. The molecule has 0 aliphatic heterocycles. The molecule has 19 heavy (non-hydrogen) atoms. The second kappa shape index (κ2) is 5.44. The van der Waals surface area contributed by atoms with Gasteiger partial charge in [0.05, 0.1) is 11.4 Å². The molecule has 102 valence electrons. The number of aromatic nitrogens is 2. The minimum Gasteiger partial charge on any atom is -0.284 e. The molecule has 0 amide bonds. The van der Waals surface area contributed by atoms with Gasteiger partial charge < -0.3 is 0 Å². The summed E-state index contributed by atoms with van der Waals surface area (Å²) < 4.78 is 26.0. The summed E-state index contributed by atoms with van der Waals surface area (Å²) in [6.45, 7) is 3.76. The zero-order chi connectivity index (χ0) is 13.9. The third kappa shape index (κ3) is 3.57. The van der Waals surface area contributed by atoms with E-state index in [0.29, 0.717) is 12.1 Å². The van der Waals surface area contributed by atoms with Gasteiger partial charge in [-0.2, -0.15) is 5.10 Å². The third-order valence-electron chi connectivity index (χ3n) is 2.61. The van der Waals surface area contributed by atoms with Crippen LogP contribution in [-0.4, -0.2) is 24.4 Å². The van der Waals surface area contributed by atoms with Crippen LogP contribution in [0, 0.1) is 6.92 Å². The van der Waals surface area contributed by atoms with Crippen LogP contribution >= 0.6 is 0 Å². The fraction of sp³-hybridized carbons (Fsp3) is 0.308. The van der Waals surface area contributed by atoms with Crippen LogP contribution in [0.1, 0.15) is 19.0 Å². The lowest BCUT2D eigenvalue weighted by Crippen LogP contribution is -2.15. The monoisotopic (exact) mass is 279 g/mol. The minimum absolute atomic E-state index is 0.124. The van der Waals surface area contributed by atoms with E-state index in [1.54, 1.807) is 12.1 Å². The van der Waals surface area contributed by atoms with E-state index in [1.807, 2.05) is 32.0 Å². The highest BCUT2D eigenvalue weighted by Gasteiger charge is 2.09. The van der Waals surface area contributed by atoms with Crippen molar-refractivity contribution >= 4 is 15.7 Å². The Kier molecular flexibility index (Phi) is 3.90. The van der Waals surface area contributed by atoms with Crippen molar-refractivity contribution in [3.05, 3.63) is 36.0 Å². The Morgan fingerprint density at radius 2 is 2.11 bits per heavy atom. The zero-order valence-electron chi connectivity index (χ0n) is 11.0. The van der Waals surface area contributed by atoms with Gasteiger partial charge in [-0.3, -0.25) is 9.82 Å². The fourth-order valence-electron chi connectivity index (χ4n) is 1.81. The summed E-state index contributed by atoms with van der Waals surface area (Å²) in [5.74, 6) is 0.124. The van der Waals surface area contributed by atoms with Crippen LogP contribution in [0.2, 0.25) is 0 Å². The molecule has 0 unspecified atom stereocenters. The van der Waals surface area contributed by atoms with Gasteiger partial charge in [-0.15, -0.1) is 0 Å². The van der Waals surface area contributed by atoms with E-state index in [2.05, 4.69) is 14.9 Å². The molecule has 1 aromatic heterocycles. The summed E-state index contributed by atoms with van der Waals surface area (Å²) >= 11 is 0. The molecule has 1 heterocycles. The first-order valence-corrected chi connectivity index (χ1v) is 7.78. The predicted molar refractivity (Wildman–Crippen MR) is 76.5 cm³/mol. The molecule has 0 aliphatic carbocycles. The van der Waals surface area contributed by atoms with Crippen molar-refractivity contribution in [1.82, 2.24) is 10.2 Å². The molecule has 0 saturated carbocycles. The smallest absolute Gasteiger partial charge is 0.232 e. The summed E-state index contributed by atoms with van der Waals surface area (Å²) in [5, 5.41) is 7.02. The lowest BCUT2D eigenvalue weighted by molar-refractivity contribution is 0.600. The Labute approximate surface area is 113 Å². The van der Waals surface area contributed by atoms with E-state index in [9.17, 15) is 8.42 Å². The van der Waals surface area contributed by atoms with Gasteiger partial charge in [-0.1, -0.05) is 19.1 Å². The molecule has 1 aromatic carbocycles. The van der Waals surface area contributed by atoms with Crippen molar-refractivity contribution in [2.75, 3.05) is 10.5 Å². The summed E-state index contributed by atoms with van der Waals surface area (Å²) in [6.07, 6.45) is 0.591. The van der Waals surface area contributed by atoms with Gasteiger partial charge in [0.25, 0.3) is 0 Å². The molecule has 0 saturated heterocycles. The molecule has 6 heteroatoms. The summed E-state index contributed by atoms with van der Waals surface area (Å²) in [6, 6.07) is 9.13. The number of nitrogens with one attached hydrogen (secondary N) is 2. The van der Waals surface area contributed by atoms with Crippen LogP contribution in [0.5, 0.6) is 0 Å². The predicted octanol–water partition coefficient (Wildman–Crippen LogP) is 2.54. The van der Waals surface area contributed by atoms with Crippen molar-refractivity contribution in [2.45, 2.75) is 20.3 Å². The zero-order valence-corrected chi connectivity index (χ0v) is 11.8. The van der Waals surface area contributed by atoms with Crippen LogP contribution in [-0.2, 0) is 10.0 Å². The molecule has 0 aliphatic rings. The topological polar surface area (TPSA) is 74.8 Å². The van der Waals surface area contributed by atoms with Gasteiger partial charge in [0.15, 0.2) is 0 Å². The van der Waals surface area contributed by atoms with E-state index in [1.165, 1.54) is 0 Å². The summed E-state index contributed by atoms with van der Waals surface area (Å²) in [4.78, 5) is 0. The second-order valence-electron chi connectivity index (χ2n) is 4.44. The quantitative estimate of drug-likeness (QED) is 0.883. The Bertz CT molecular complexity index is 662. The molecule has 0 bridgehead atoms. The molecule has 0 fully saturated rings. The number of hydrogen-bond donors (Lipinski definition) is 2. The number of rotatable bonds is 5. The molecule has 2 aromatic rings. The first-order valence-electron chi connectivity index (χ1n) is 6.13. The van der Waals surface area contributed by atoms with E-state index in [4.69, 9.17) is 0 Å². The lowest BCUT2D eigenvalue weighted by atomic mass is 10.1. The van der Waals surface area contributed by atoms with E-state index in [-0.39, 0.29) is 5.75 Å². The molecular weight excluding hydrogens is 262 g/mol. The third-order valence-corrected chi connectivity index (χ3v) is 4.10. The molecule has 2 rings (SSSR count). The van der Waals surface area contributed by atoms with Gasteiger partial charge in [-0.25, -0.2) is 8.42 Å². The number of hydrogen-bond acceptors (Lipinski definition) is 3. The van der Waals surface area contributed by atoms with Crippen molar-refractivity contribution < 1.29 is 8.42 Å². The Hall–Kier alpha value is -1.82. The second-order valence-corrected chi connectivity index (χ2v) is 6.28. The maximum absolute atomic E-state index is 11.7. The van der Waals surface area contributed by atoms with Gasteiger partial charge in [0.2, 0.25) is 10.0 Å². The summed E-state index contributed by atoms with van der Waals surface area (Å²) in [5.41, 5.74) is 3.20. The van der Waals surface area contributed by atoms with Crippen LogP contribution in [0.15, 0.2) is 30.3 Å². The average molecular weight is 279 g/mol. The number of aromatic amines is 1. The number of H-pyrrole nitrogens is 1. The highest BCUT2D eigenvalue weighted by atomic mass is 32.2. The van der Waals surface area contributed by atoms with Crippen molar-refractivity contribution in [1.29, 1.82) is 0 Å². The maximum Gasteiger partial charge on any atom is 0.232 e. The number of sulfonamides is 1. The number of nitrogens with zero attached hydrogens (tertiary/aromatic N) is 1. The first-order chi connectivity index (χ1) is 9.00. The van der Waals surface area contributed by atoms with Gasteiger partial charge in [0, 0.05) is 16.9 Å². The van der Waals surface area contributed by atoms with Crippen LogP contribution in [0.4, 0.5) is 5.69 Å². The molecule has 0 spiro atoms. The average Bonchev–Trinajstić information content (AvgIpc) is 2.75. The Morgan fingerprint density at radius 3 is 2.74 bits per heavy atom. The highest BCUT2D eigenvalue weighted by Crippen LogP contribution is 2.22. The van der Waals surface area contributed by atoms with E-state index >= 15 is 0 Å². The number of aryl methyl sites for hydroxylation is 1. The highest BCUT2D eigenvalue weighted by molar-refractivity contribution is 7.92. The molecular formula is C13H17N3O2S. The van der Waals surface area contributed by atoms with Crippen LogP contribution < -0.4 is 4.72 Å². The summed E-state index contributed by atoms with van der Waals surface area (Å²) in [7, 11) is -3.26. The van der Waals surface area contributed by atoms with Gasteiger partial charge >= 0.3 is 0 Å². The normalized spacial score (nSPS) is 11.5. The Balaban J connectivity index is 2.25. The molecule has 0 radical (unpaired) electrons. The largest absolute Gasteiger partial charge is 0.284 e. The van der Waals surface area contributed by atoms with E-state index in [0.717, 1.165) is 17.0 Å². The van der Waals surface area contributed by atoms with Gasteiger partial charge in [0.1, 0.15) is 0 Å². The van der Waals surface area contributed by atoms with Crippen LogP contribution in [0.25, 0.3) is 11.3 Å². The fourth-order valence-corrected chi connectivity index (χ4v) is 2.93.